The Morgan fingerprint density at radius 2 is 1.68 bits per heavy atom. The van der Waals surface area contributed by atoms with Crippen molar-refractivity contribution in [2.45, 2.75) is 35.9 Å². The van der Waals surface area contributed by atoms with E-state index in [1.807, 2.05) is 0 Å². The summed E-state index contributed by atoms with van der Waals surface area (Å²) in [5.74, 6) is -0.285. The summed E-state index contributed by atoms with van der Waals surface area (Å²) in [4.78, 5) is 24.8. The highest BCUT2D eigenvalue weighted by molar-refractivity contribution is 7.91. The van der Waals surface area contributed by atoms with Crippen LogP contribution in [0.5, 0.6) is 0 Å². The van der Waals surface area contributed by atoms with E-state index < -0.39 is 10.0 Å². The molecule has 0 aliphatic carbocycles. The first-order valence-electron chi connectivity index (χ1n) is 7.00. The highest BCUT2D eigenvalue weighted by Crippen LogP contribution is 2.31. The molecule has 0 bridgehead atoms. The van der Waals surface area contributed by atoms with Crippen molar-refractivity contribution in [3.8, 4) is 0 Å². The Morgan fingerprint density at radius 3 is 2.18 bits per heavy atom. The fourth-order valence-corrected chi connectivity index (χ4v) is 6.01. The van der Waals surface area contributed by atoms with Crippen LogP contribution in [-0.2, 0) is 19.6 Å². The normalized spacial score (nSPS) is 21.8. The molecule has 9 heteroatoms. The first-order chi connectivity index (χ1) is 10.4. The van der Waals surface area contributed by atoms with E-state index in [0.717, 1.165) is 11.3 Å². The lowest BCUT2D eigenvalue weighted by atomic mass is 10.1. The topological polar surface area (TPSA) is 74.8 Å². The largest absolute Gasteiger partial charge is 0.279 e. The SMILES string of the molecule is O=C1CCC(=O)N1C1CCN(S(=O)(=O)c2ccc(Cl)s2)CC1. The van der Waals surface area contributed by atoms with Crippen LogP contribution in [0, 0.1) is 0 Å². The van der Waals surface area contributed by atoms with Crippen molar-refractivity contribution < 1.29 is 18.0 Å². The number of imide groups is 1. The molecule has 2 saturated heterocycles. The van der Waals surface area contributed by atoms with Crippen LogP contribution >= 0.6 is 22.9 Å². The summed E-state index contributed by atoms with van der Waals surface area (Å²) in [6.07, 6.45) is 1.50. The smallest absolute Gasteiger partial charge is 0.252 e. The quantitative estimate of drug-likeness (QED) is 0.767. The molecule has 0 unspecified atom stereocenters. The number of hydrogen-bond donors (Lipinski definition) is 0. The van der Waals surface area contributed by atoms with Crippen LogP contribution in [0.25, 0.3) is 0 Å². The highest BCUT2D eigenvalue weighted by Gasteiger charge is 2.38. The summed E-state index contributed by atoms with van der Waals surface area (Å²) in [7, 11) is -3.54. The van der Waals surface area contributed by atoms with Gasteiger partial charge in [0, 0.05) is 32.0 Å². The van der Waals surface area contributed by atoms with E-state index >= 15 is 0 Å². The molecular formula is C13H15ClN2O4S2. The molecule has 0 saturated carbocycles. The van der Waals surface area contributed by atoms with Gasteiger partial charge in [-0.15, -0.1) is 11.3 Å². The van der Waals surface area contributed by atoms with Gasteiger partial charge in [-0.1, -0.05) is 11.6 Å². The van der Waals surface area contributed by atoms with E-state index in [9.17, 15) is 18.0 Å². The van der Waals surface area contributed by atoms with Crippen LogP contribution in [0.3, 0.4) is 0 Å². The lowest BCUT2D eigenvalue weighted by molar-refractivity contribution is -0.141. The van der Waals surface area contributed by atoms with E-state index in [1.54, 1.807) is 6.07 Å². The van der Waals surface area contributed by atoms with Gasteiger partial charge >= 0.3 is 0 Å². The molecule has 6 nitrogen and oxygen atoms in total. The summed E-state index contributed by atoms with van der Waals surface area (Å²) >= 11 is 6.83. The number of nitrogens with zero attached hydrogens (tertiary/aromatic N) is 2. The van der Waals surface area contributed by atoms with Crippen LogP contribution < -0.4 is 0 Å². The van der Waals surface area contributed by atoms with Crippen LogP contribution in [0.2, 0.25) is 4.34 Å². The number of halogens is 1. The molecule has 1 aromatic rings. The van der Waals surface area contributed by atoms with Gasteiger partial charge in [0.05, 0.1) is 4.34 Å². The molecule has 0 radical (unpaired) electrons. The zero-order chi connectivity index (χ0) is 15.9. The molecule has 120 valence electrons. The van der Waals surface area contributed by atoms with Gasteiger partial charge in [0.1, 0.15) is 4.21 Å². The second kappa shape index (κ2) is 5.92. The molecule has 1 aromatic heterocycles. The Bertz CT molecular complexity index is 691. The molecule has 0 aromatic carbocycles. The third-order valence-corrected chi connectivity index (χ3v) is 7.62. The molecule has 3 rings (SSSR count). The van der Waals surface area contributed by atoms with E-state index in [1.165, 1.54) is 15.3 Å². The molecule has 0 spiro atoms. The van der Waals surface area contributed by atoms with Crippen molar-refractivity contribution in [1.29, 1.82) is 0 Å². The van der Waals surface area contributed by atoms with Gasteiger partial charge in [-0.25, -0.2) is 8.42 Å². The summed E-state index contributed by atoms with van der Waals surface area (Å²) in [5.41, 5.74) is 0. The zero-order valence-corrected chi connectivity index (χ0v) is 14.1. The van der Waals surface area contributed by atoms with Crippen molar-refractivity contribution in [1.82, 2.24) is 9.21 Å². The molecular weight excluding hydrogens is 348 g/mol. The lowest BCUT2D eigenvalue weighted by Crippen LogP contribution is -2.48. The zero-order valence-electron chi connectivity index (χ0n) is 11.7. The number of thiophene rings is 1. The van der Waals surface area contributed by atoms with Crippen molar-refractivity contribution in [2.24, 2.45) is 0 Å². The highest BCUT2D eigenvalue weighted by atomic mass is 35.5. The van der Waals surface area contributed by atoms with Gasteiger partial charge in [0.25, 0.3) is 10.0 Å². The van der Waals surface area contributed by atoms with Gasteiger partial charge in [0.2, 0.25) is 11.8 Å². The van der Waals surface area contributed by atoms with Crippen molar-refractivity contribution in [2.75, 3.05) is 13.1 Å². The summed E-state index contributed by atoms with van der Waals surface area (Å²) in [5, 5.41) is 0. The van der Waals surface area contributed by atoms with Gasteiger partial charge in [-0.05, 0) is 25.0 Å². The van der Waals surface area contributed by atoms with E-state index in [2.05, 4.69) is 0 Å². The van der Waals surface area contributed by atoms with Gasteiger partial charge in [0.15, 0.2) is 0 Å². The maximum atomic E-state index is 12.5. The monoisotopic (exact) mass is 362 g/mol. The van der Waals surface area contributed by atoms with Gasteiger partial charge < -0.3 is 0 Å². The predicted molar refractivity (Wildman–Crippen MR) is 82.2 cm³/mol. The average molecular weight is 363 g/mol. The van der Waals surface area contributed by atoms with Crippen molar-refractivity contribution >= 4 is 44.8 Å². The summed E-state index contributed by atoms with van der Waals surface area (Å²) in [6, 6.07) is 2.89. The van der Waals surface area contributed by atoms with Crippen LogP contribution in [0.1, 0.15) is 25.7 Å². The number of rotatable bonds is 3. The molecule has 2 fully saturated rings. The lowest BCUT2D eigenvalue weighted by Gasteiger charge is -2.34. The van der Waals surface area contributed by atoms with E-state index in [4.69, 9.17) is 11.6 Å². The minimum absolute atomic E-state index is 0.142. The summed E-state index contributed by atoms with van der Waals surface area (Å²) < 4.78 is 27.0. The number of piperidine rings is 1. The molecule has 2 aliphatic heterocycles. The number of hydrogen-bond acceptors (Lipinski definition) is 5. The minimum atomic E-state index is -3.54. The second-order valence-corrected chi connectivity index (χ2v) is 9.23. The average Bonchev–Trinajstić information content (AvgIpc) is 3.06. The minimum Gasteiger partial charge on any atom is -0.279 e. The fraction of sp³-hybridized carbons (Fsp3) is 0.538. The molecule has 0 atom stereocenters. The number of amides is 2. The van der Waals surface area contributed by atoms with Crippen LogP contribution in [0.4, 0.5) is 0 Å². The second-order valence-electron chi connectivity index (χ2n) is 5.35. The number of sulfonamides is 1. The third-order valence-electron chi connectivity index (χ3n) is 4.02. The molecule has 22 heavy (non-hydrogen) atoms. The van der Waals surface area contributed by atoms with Gasteiger partial charge in [-0.2, -0.15) is 4.31 Å². The molecule has 0 N–H and O–H groups in total. The van der Waals surface area contributed by atoms with Gasteiger partial charge in [-0.3, -0.25) is 14.5 Å². The number of likely N-dealkylation sites (tertiary alicyclic amines) is 1. The number of carbonyl (C=O) groups excluding carboxylic acids is 2. The fourth-order valence-electron chi connectivity index (χ4n) is 2.91. The predicted octanol–water partition coefficient (Wildman–Crippen LogP) is 1.70. The first-order valence-corrected chi connectivity index (χ1v) is 9.63. The Hall–Kier alpha value is -0.960. The van der Waals surface area contributed by atoms with E-state index in [0.29, 0.717) is 30.3 Å². The van der Waals surface area contributed by atoms with Crippen LogP contribution in [0.15, 0.2) is 16.3 Å². The standard InChI is InChI=1S/C13H15ClN2O4S2/c14-10-1-4-13(21-10)22(19,20)15-7-5-9(6-8-15)16-11(17)2-3-12(16)18/h1,4,9H,2-3,5-8H2. The Balaban J connectivity index is 1.69. The first kappa shape index (κ1) is 15.9. The molecule has 2 aliphatic rings. The Kier molecular flexibility index (Phi) is 4.28. The maximum Gasteiger partial charge on any atom is 0.252 e. The number of carbonyl (C=O) groups is 2. The van der Waals surface area contributed by atoms with Crippen molar-refractivity contribution in [3.63, 3.8) is 0 Å². The van der Waals surface area contributed by atoms with Crippen LogP contribution in [-0.4, -0.2) is 48.6 Å². The summed E-state index contributed by atoms with van der Waals surface area (Å²) in [6.45, 7) is 0.610. The molecule has 2 amide bonds. The van der Waals surface area contributed by atoms with Crippen molar-refractivity contribution in [3.05, 3.63) is 16.5 Å². The maximum absolute atomic E-state index is 12.5. The Labute approximate surface area is 137 Å². The Morgan fingerprint density at radius 1 is 1.09 bits per heavy atom. The van der Waals surface area contributed by atoms with E-state index in [-0.39, 0.29) is 34.9 Å². The third kappa shape index (κ3) is 2.80. The molecule has 3 heterocycles.